The van der Waals surface area contributed by atoms with Crippen molar-refractivity contribution >= 4 is 33.6 Å². The molecule has 1 saturated heterocycles. The second-order valence-corrected chi connectivity index (χ2v) is 14.9. The second kappa shape index (κ2) is 15.2. The Labute approximate surface area is 281 Å². The van der Waals surface area contributed by atoms with Gasteiger partial charge in [0.25, 0.3) is 0 Å². The van der Waals surface area contributed by atoms with E-state index in [4.69, 9.17) is 21.4 Å². The number of aryl methyl sites for hydroxylation is 1. The minimum absolute atomic E-state index is 0.307. The predicted octanol–water partition coefficient (Wildman–Crippen LogP) is 5.44. The summed E-state index contributed by atoms with van der Waals surface area (Å²) >= 11 is 8.23. The summed E-state index contributed by atoms with van der Waals surface area (Å²) in [7, 11) is -3.34. The maximum Gasteiger partial charge on any atom is 0.211 e. The lowest BCUT2D eigenvalue weighted by Crippen LogP contribution is -2.37. The summed E-state index contributed by atoms with van der Waals surface area (Å²) in [4.78, 5) is 3.60. The van der Waals surface area contributed by atoms with Crippen molar-refractivity contribution in [2.75, 3.05) is 45.6 Å². The zero-order chi connectivity index (χ0) is 31.9. The molecule has 1 aromatic heterocycles. The molecule has 1 fully saturated rings. The summed E-state index contributed by atoms with van der Waals surface area (Å²) in [6.07, 6.45) is 2.86. The van der Waals surface area contributed by atoms with Crippen LogP contribution in [0.1, 0.15) is 34.4 Å². The van der Waals surface area contributed by atoms with E-state index in [9.17, 15) is 8.42 Å². The van der Waals surface area contributed by atoms with Gasteiger partial charge in [-0.1, -0.05) is 59.8 Å². The van der Waals surface area contributed by atoms with Crippen molar-refractivity contribution in [2.24, 2.45) is 0 Å². The van der Waals surface area contributed by atoms with Crippen molar-refractivity contribution in [1.29, 1.82) is 0 Å². The van der Waals surface area contributed by atoms with E-state index < -0.39 is 10.0 Å². The third-order valence-electron chi connectivity index (χ3n) is 8.26. The Morgan fingerprint density at radius 1 is 0.978 bits per heavy atom. The van der Waals surface area contributed by atoms with E-state index in [0.29, 0.717) is 30.1 Å². The van der Waals surface area contributed by atoms with E-state index in [2.05, 4.69) is 50.4 Å². The molecule has 0 spiro atoms. The predicted molar refractivity (Wildman–Crippen MR) is 185 cm³/mol. The first-order valence-electron chi connectivity index (χ1n) is 15.5. The van der Waals surface area contributed by atoms with Gasteiger partial charge in [0.15, 0.2) is 0 Å². The highest BCUT2D eigenvalue weighted by Gasteiger charge is 2.30. The fourth-order valence-corrected chi connectivity index (χ4v) is 7.39. The smallest absolute Gasteiger partial charge is 0.211 e. The highest BCUT2D eigenvalue weighted by Crippen LogP contribution is 2.33. The summed E-state index contributed by atoms with van der Waals surface area (Å²) in [6.45, 7) is 6.72. The summed E-state index contributed by atoms with van der Waals surface area (Å²) in [5, 5.41) is 5.62. The molecule has 0 saturated carbocycles. The molecule has 11 heteroatoms. The zero-order valence-corrected chi connectivity index (χ0v) is 28.3. The Balaban J connectivity index is 1.19. The molecule has 1 N–H and O–H groups in total. The van der Waals surface area contributed by atoms with Crippen LogP contribution in [0.5, 0.6) is 0 Å². The van der Waals surface area contributed by atoms with Crippen molar-refractivity contribution < 1.29 is 13.2 Å². The number of rotatable bonds is 10. The van der Waals surface area contributed by atoms with Crippen molar-refractivity contribution in [1.82, 2.24) is 23.7 Å². The van der Waals surface area contributed by atoms with Gasteiger partial charge in [-0.3, -0.25) is 14.3 Å². The third-order valence-corrected chi connectivity index (χ3v) is 10.6. The molecule has 0 aliphatic carbocycles. The number of nitrogens with zero attached hydrogens (tertiary/aromatic N) is 4. The van der Waals surface area contributed by atoms with Crippen LogP contribution in [-0.4, -0.2) is 73.1 Å². The number of nitrogens with one attached hydrogen (secondary N) is 1. The number of fused-ring (bicyclic) bond motifs is 1. The first-order valence-corrected chi connectivity index (χ1v) is 18.6. The Morgan fingerprint density at radius 3 is 2.52 bits per heavy atom. The maximum absolute atomic E-state index is 12.5. The largest absolute Gasteiger partial charge is 0.379 e. The summed E-state index contributed by atoms with van der Waals surface area (Å²) in [5.41, 5.74) is 6.50. The van der Waals surface area contributed by atoms with Crippen molar-refractivity contribution in [2.45, 2.75) is 37.4 Å². The number of benzene rings is 3. The molecule has 46 heavy (non-hydrogen) atoms. The summed E-state index contributed by atoms with van der Waals surface area (Å²) in [5.74, 6) is 6.51. The molecule has 0 bridgehead atoms. The highest BCUT2D eigenvalue weighted by molar-refractivity contribution is 7.97. The van der Waals surface area contributed by atoms with Crippen LogP contribution in [0.25, 0.3) is 11.3 Å². The minimum Gasteiger partial charge on any atom is -0.379 e. The Morgan fingerprint density at radius 2 is 1.76 bits per heavy atom. The number of aromatic nitrogens is 2. The van der Waals surface area contributed by atoms with E-state index in [-0.39, 0.29) is 0 Å². The average molecular weight is 676 g/mol. The molecule has 3 aromatic carbocycles. The van der Waals surface area contributed by atoms with Crippen molar-refractivity contribution in [3.05, 3.63) is 106 Å². The first-order chi connectivity index (χ1) is 22.3. The second-order valence-electron chi connectivity index (χ2n) is 11.5. The number of morpholine rings is 1. The van der Waals surface area contributed by atoms with Gasteiger partial charge in [-0.25, -0.2) is 8.42 Å². The van der Waals surface area contributed by atoms with Gasteiger partial charge >= 0.3 is 0 Å². The van der Waals surface area contributed by atoms with Crippen LogP contribution in [-0.2, 0) is 40.8 Å². The number of hydrogen-bond acceptors (Lipinski definition) is 7. The van der Waals surface area contributed by atoms with Crippen LogP contribution in [0, 0.1) is 11.8 Å². The molecule has 240 valence electrons. The Bertz CT molecular complexity index is 1810. The molecular formula is C35H38ClN5O3S2. The Hall–Kier alpha value is -3.14. The van der Waals surface area contributed by atoms with Crippen molar-refractivity contribution in [3.8, 4) is 23.1 Å². The number of hydrogen-bond donors (Lipinski definition) is 1. The topological polar surface area (TPSA) is 79.7 Å². The number of halogens is 1. The monoisotopic (exact) mass is 675 g/mol. The molecule has 0 atom stereocenters. The van der Waals surface area contributed by atoms with Gasteiger partial charge < -0.3 is 4.74 Å². The molecule has 0 unspecified atom stereocenters. The summed E-state index contributed by atoms with van der Waals surface area (Å²) in [6, 6.07) is 24.2. The molecule has 2 aliphatic rings. The molecular weight excluding hydrogens is 638 g/mol. The molecule has 2 aliphatic heterocycles. The van der Waals surface area contributed by atoms with Gasteiger partial charge in [0.1, 0.15) is 0 Å². The van der Waals surface area contributed by atoms with E-state index in [1.807, 2.05) is 48.5 Å². The minimum atomic E-state index is -3.34. The highest BCUT2D eigenvalue weighted by atomic mass is 35.5. The summed E-state index contributed by atoms with van der Waals surface area (Å²) < 4.78 is 37.5. The normalized spacial score (nSPS) is 15.7. The van der Waals surface area contributed by atoms with Crippen LogP contribution in [0.4, 0.5) is 0 Å². The maximum atomic E-state index is 12.5. The molecule has 6 rings (SSSR count). The van der Waals surface area contributed by atoms with Gasteiger partial charge in [0.2, 0.25) is 10.0 Å². The molecule has 3 heterocycles. The van der Waals surface area contributed by atoms with E-state index in [1.165, 1.54) is 21.0 Å². The standard InChI is InChI=1S/C35H38ClN5O3S2/c1-46(42,43)40-19-16-34-32(26-40)35(38-41(34)18-5-17-39-20-22-44-23-21-39)30-14-15-33(36)29(24-30)13-12-27-8-10-28(11-9-27)25-37-45-31-6-3-2-4-7-31/h2-4,6-11,14-15,24,37H,5,16-23,25-26H2,1H3. The SMILES string of the molecule is CS(=O)(=O)N1CCc2c(c(-c3ccc(Cl)c(C#Cc4ccc(CNSc5ccccc5)cc4)c3)nn2CCCN2CCOCC2)C1. The molecule has 0 amide bonds. The van der Waals surface area contributed by atoms with Crippen molar-refractivity contribution in [3.63, 3.8) is 0 Å². The quantitative estimate of drug-likeness (QED) is 0.177. The van der Waals surface area contributed by atoms with Crippen LogP contribution < -0.4 is 4.72 Å². The van der Waals surface area contributed by atoms with E-state index in [0.717, 1.165) is 80.4 Å². The van der Waals surface area contributed by atoms with Crippen LogP contribution in [0.2, 0.25) is 5.02 Å². The number of sulfonamides is 1. The van der Waals surface area contributed by atoms with Crippen LogP contribution >= 0.6 is 23.5 Å². The first kappa shape index (κ1) is 32.8. The average Bonchev–Trinajstić information content (AvgIpc) is 3.43. The van der Waals surface area contributed by atoms with Gasteiger partial charge in [-0.2, -0.15) is 9.40 Å². The van der Waals surface area contributed by atoms with Gasteiger partial charge in [-0.15, -0.1) is 0 Å². The zero-order valence-electron chi connectivity index (χ0n) is 25.9. The molecule has 8 nitrogen and oxygen atoms in total. The fraction of sp³-hybridized carbons (Fsp3) is 0.343. The van der Waals surface area contributed by atoms with Crippen LogP contribution in [0.15, 0.2) is 77.7 Å². The lowest BCUT2D eigenvalue weighted by Gasteiger charge is -2.27. The molecule has 0 radical (unpaired) electrons. The van der Waals surface area contributed by atoms with Gasteiger partial charge in [-0.05, 0) is 60.3 Å². The Kier molecular flexibility index (Phi) is 10.8. The number of ether oxygens (including phenoxy) is 1. The lowest BCUT2D eigenvalue weighted by molar-refractivity contribution is 0.0368. The fourth-order valence-electron chi connectivity index (χ4n) is 5.74. The third kappa shape index (κ3) is 8.41. The van der Waals surface area contributed by atoms with Gasteiger partial charge in [0.05, 0.1) is 30.2 Å². The lowest BCUT2D eigenvalue weighted by atomic mass is 10.0. The van der Waals surface area contributed by atoms with E-state index >= 15 is 0 Å². The molecule has 4 aromatic rings. The van der Waals surface area contributed by atoms with Crippen LogP contribution in [0.3, 0.4) is 0 Å². The van der Waals surface area contributed by atoms with E-state index in [1.54, 1.807) is 11.9 Å². The van der Waals surface area contributed by atoms with Gasteiger partial charge in [0, 0.05) is 85.1 Å².